The number of fused-ring (bicyclic) bond motifs is 1. The number of hydrogen-bond donors (Lipinski definition) is 1. The fraction of sp³-hybridized carbons (Fsp3) is 0.333. The Morgan fingerprint density at radius 1 is 1.19 bits per heavy atom. The van der Waals surface area contributed by atoms with Crippen molar-refractivity contribution >= 4 is 5.65 Å². The summed E-state index contributed by atoms with van der Waals surface area (Å²) in [6, 6.07) is 4.54. The van der Waals surface area contributed by atoms with Crippen LogP contribution in [-0.2, 0) is 12.6 Å². The SMILES string of the molecule is Oc1c(Cc2ccc(F)c(C(F)(F)F)c2)c(C2CCC2)nc2ccnn12. The Morgan fingerprint density at radius 2 is 1.96 bits per heavy atom. The van der Waals surface area contributed by atoms with Crippen molar-refractivity contribution in [1.29, 1.82) is 0 Å². The highest BCUT2D eigenvalue weighted by molar-refractivity contribution is 5.48. The zero-order valence-electron chi connectivity index (χ0n) is 13.6. The quantitative estimate of drug-likeness (QED) is 0.698. The minimum atomic E-state index is -4.77. The molecule has 0 radical (unpaired) electrons. The van der Waals surface area contributed by atoms with E-state index in [-0.39, 0.29) is 23.8 Å². The van der Waals surface area contributed by atoms with Crippen molar-refractivity contribution < 1.29 is 22.7 Å². The topological polar surface area (TPSA) is 50.4 Å². The van der Waals surface area contributed by atoms with E-state index in [4.69, 9.17) is 0 Å². The fourth-order valence-corrected chi connectivity index (χ4v) is 3.27. The van der Waals surface area contributed by atoms with Crippen LogP contribution >= 0.6 is 0 Å². The summed E-state index contributed by atoms with van der Waals surface area (Å²) in [4.78, 5) is 4.55. The van der Waals surface area contributed by atoms with Crippen LogP contribution in [0.1, 0.15) is 47.6 Å². The molecule has 2 aromatic heterocycles. The smallest absolute Gasteiger partial charge is 0.419 e. The molecule has 26 heavy (non-hydrogen) atoms. The molecule has 0 unspecified atom stereocenters. The van der Waals surface area contributed by atoms with Gasteiger partial charge in [0.15, 0.2) is 5.65 Å². The maximum atomic E-state index is 13.5. The Bertz CT molecular complexity index is 976. The Labute approximate surface area is 146 Å². The summed E-state index contributed by atoms with van der Waals surface area (Å²) in [5.41, 5.74) is 0.546. The highest BCUT2D eigenvalue weighted by Gasteiger charge is 2.34. The molecule has 0 atom stereocenters. The van der Waals surface area contributed by atoms with Crippen LogP contribution in [-0.4, -0.2) is 19.7 Å². The number of alkyl halides is 3. The summed E-state index contributed by atoms with van der Waals surface area (Å²) in [6.07, 6.45) is -0.378. The maximum absolute atomic E-state index is 13.5. The van der Waals surface area contributed by atoms with E-state index in [1.54, 1.807) is 6.07 Å². The molecule has 1 aromatic carbocycles. The predicted octanol–water partition coefficient (Wildman–Crippen LogP) is 4.45. The third-order valence-corrected chi connectivity index (χ3v) is 4.85. The van der Waals surface area contributed by atoms with E-state index >= 15 is 0 Å². The standard InChI is InChI=1S/C18H15F4N3O/c19-14-5-4-10(9-13(14)18(20,21)22)8-12-16(11-2-1-3-11)24-15-6-7-23-25(15)17(12)26/h4-7,9,11,26H,1-3,8H2. The van der Waals surface area contributed by atoms with E-state index in [1.165, 1.54) is 16.8 Å². The van der Waals surface area contributed by atoms with Gasteiger partial charge in [-0.1, -0.05) is 12.5 Å². The first-order valence-electron chi connectivity index (χ1n) is 8.25. The molecule has 1 fully saturated rings. The fourth-order valence-electron chi connectivity index (χ4n) is 3.27. The van der Waals surface area contributed by atoms with Crippen molar-refractivity contribution in [2.24, 2.45) is 0 Å². The molecule has 1 aliphatic rings. The van der Waals surface area contributed by atoms with Crippen LogP contribution in [0, 0.1) is 5.82 Å². The lowest BCUT2D eigenvalue weighted by Crippen LogP contribution is -2.16. The van der Waals surface area contributed by atoms with Gasteiger partial charge in [-0.3, -0.25) is 0 Å². The van der Waals surface area contributed by atoms with E-state index in [0.29, 0.717) is 16.9 Å². The van der Waals surface area contributed by atoms with E-state index in [0.717, 1.165) is 31.4 Å². The minimum Gasteiger partial charge on any atom is -0.493 e. The highest BCUT2D eigenvalue weighted by Crippen LogP contribution is 2.40. The molecular weight excluding hydrogens is 350 g/mol. The lowest BCUT2D eigenvalue weighted by molar-refractivity contribution is -0.140. The van der Waals surface area contributed by atoms with Crippen molar-refractivity contribution in [3.63, 3.8) is 0 Å². The first kappa shape index (κ1) is 16.8. The first-order chi connectivity index (χ1) is 12.3. The number of hydrogen-bond acceptors (Lipinski definition) is 3. The monoisotopic (exact) mass is 365 g/mol. The van der Waals surface area contributed by atoms with Crippen LogP contribution in [0.15, 0.2) is 30.5 Å². The molecule has 4 nitrogen and oxygen atoms in total. The van der Waals surface area contributed by atoms with Crippen LogP contribution in [0.3, 0.4) is 0 Å². The first-order valence-corrected chi connectivity index (χ1v) is 8.25. The van der Waals surface area contributed by atoms with Crippen molar-refractivity contribution in [3.8, 4) is 5.88 Å². The van der Waals surface area contributed by atoms with Gasteiger partial charge in [-0.2, -0.15) is 22.8 Å². The molecule has 0 aliphatic heterocycles. The van der Waals surface area contributed by atoms with Crippen LogP contribution in [0.5, 0.6) is 5.88 Å². The second kappa shape index (κ2) is 5.96. The van der Waals surface area contributed by atoms with Crippen molar-refractivity contribution in [2.75, 3.05) is 0 Å². The van der Waals surface area contributed by atoms with Crippen LogP contribution in [0.2, 0.25) is 0 Å². The number of benzene rings is 1. The summed E-state index contributed by atoms with van der Waals surface area (Å²) in [7, 11) is 0. The van der Waals surface area contributed by atoms with Gasteiger partial charge in [0.1, 0.15) is 5.82 Å². The van der Waals surface area contributed by atoms with Gasteiger partial charge < -0.3 is 5.11 Å². The van der Waals surface area contributed by atoms with Gasteiger partial charge in [0.25, 0.3) is 0 Å². The average molecular weight is 365 g/mol. The molecule has 8 heteroatoms. The summed E-state index contributed by atoms with van der Waals surface area (Å²) in [6.45, 7) is 0. The van der Waals surface area contributed by atoms with Crippen molar-refractivity contribution in [3.05, 3.63) is 58.7 Å². The molecule has 1 saturated carbocycles. The van der Waals surface area contributed by atoms with Crippen molar-refractivity contribution in [1.82, 2.24) is 14.6 Å². The van der Waals surface area contributed by atoms with E-state index < -0.39 is 17.6 Å². The molecule has 1 aliphatic carbocycles. The molecule has 136 valence electrons. The second-order valence-corrected chi connectivity index (χ2v) is 6.52. The van der Waals surface area contributed by atoms with Crippen molar-refractivity contribution in [2.45, 2.75) is 37.8 Å². The maximum Gasteiger partial charge on any atom is 0.419 e. The third kappa shape index (κ3) is 2.79. The Hall–Kier alpha value is -2.64. The Balaban J connectivity index is 1.81. The number of nitrogens with zero attached hydrogens (tertiary/aromatic N) is 3. The molecule has 0 spiro atoms. The molecule has 1 N–H and O–H groups in total. The lowest BCUT2D eigenvalue weighted by atomic mass is 9.80. The molecule has 0 bridgehead atoms. The normalized spacial score (nSPS) is 15.4. The lowest BCUT2D eigenvalue weighted by Gasteiger charge is -2.27. The molecule has 4 rings (SSSR count). The van der Waals surface area contributed by atoms with Gasteiger partial charge in [0.2, 0.25) is 5.88 Å². The summed E-state index contributed by atoms with van der Waals surface area (Å²) in [5, 5.41) is 14.6. The largest absolute Gasteiger partial charge is 0.493 e. The van der Waals surface area contributed by atoms with Gasteiger partial charge in [-0.15, -0.1) is 0 Å². The van der Waals surface area contributed by atoms with E-state index in [1.807, 2.05) is 0 Å². The number of aromatic hydroxyl groups is 1. The summed E-state index contributed by atoms with van der Waals surface area (Å²) < 4.78 is 53.7. The summed E-state index contributed by atoms with van der Waals surface area (Å²) >= 11 is 0. The van der Waals surface area contributed by atoms with Gasteiger partial charge >= 0.3 is 6.18 Å². The third-order valence-electron chi connectivity index (χ3n) is 4.85. The number of halogens is 4. The zero-order valence-corrected chi connectivity index (χ0v) is 13.6. The predicted molar refractivity (Wildman–Crippen MR) is 85.5 cm³/mol. The second-order valence-electron chi connectivity index (χ2n) is 6.52. The summed E-state index contributed by atoms with van der Waals surface area (Å²) in [5.74, 6) is -1.29. The number of aromatic nitrogens is 3. The Kier molecular flexibility index (Phi) is 3.86. The highest BCUT2D eigenvalue weighted by atomic mass is 19.4. The van der Waals surface area contributed by atoms with Gasteiger partial charge in [0.05, 0.1) is 17.5 Å². The molecule has 0 amide bonds. The Morgan fingerprint density at radius 3 is 2.62 bits per heavy atom. The minimum absolute atomic E-state index is 0.0177. The van der Waals surface area contributed by atoms with Crippen LogP contribution < -0.4 is 0 Å². The van der Waals surface area contributed by atoms with E-state index in [9.17, 15) is 22.7 Å². The van der Waals surface area contributed by atoms with Gasteiger partial charge in [0, 0.05) is 24.0 Å². The molecular formula is C18H15F4N3O. The molecule has 3 aromatic rings. The van der Waals surface area contributed by atoms with E-state index in [2.05, 4.69) is 10.1 Å². The van der Waals surface area contributed by atoms with Crippen LogP contribution in [0.25, 0.3) is 5.65 Å². The molecule has 0 saturated heterocycles. The zero-order chi connectivity index (χ0) is 18.5. The van der Waals surface area contributed by atoms with Gasteiger partial charge in [-0.05, 0) is 30.5 Å². The van der Waals surface area contributed by atoms with Gasteiger partial charge in [-0.25, -0.2) is 9.37 Å². The molecule has 2 heterocycles. The average Bonchev–Trinajstić information content (AvgIpc) is 2.98. The van der Waals surface area contributed by atoms with Crippen LogP contribution in [0.4, 0.5) is 17.6 Å². The number of rotatable bonds is 3.